The van der Waals surface area contributed by atoms with Crippen LogP contribution in [-0.2, 0) is 4.79 Å². The summed E-state index contributed by atoms with van der Waals surface area (Å²) < 4.78 is 0. The van der Waals surface area contributed by atoms with Gasteiger partial charge in [0.2, 0.25) is 0 Å². The van der Waals surface area contributed by atoms with Gasteiger partial charge in [0.15, 0.2) is 0 Å². The summed E-state index contributed by atoms with van der Waals surface area (Å²) in [5.41, 5.74) is 0.881. The minimum atomic E-state index is -0.813. The highest BCUT2D eigenvalue weighted by atomic mass is 16.6. The number of aliphatic carboxylic acids is 1. The van der Waals surface area contributed by atoms with Crippen molar-refractivity contribution in [1.29, 1.82) is 0 Å². The molecule has 0 saturated heterocycles. The molecule has 0 atom stereocenters. The summed E-state index contributed by atoms with van der Waals surface area (Å²) in [6, 6.07) is 5.47. The second-order valence-electron chi connectivity index (χ2n) is 6.23. The quantitative estimate of drug-likeness (QED) is 0.586. The van der Waals surface area contributed by atoms with E-state index >= 15 is 0 Å². The number of carboxylic acids is 1. The van der Waals surface area contributed by atoms with Crippen molar-refractivity contribution in [2.45, 2.75) is 31.8 Å². The molecule has 0 unspecified atom stereocenters. The molecule has 1 aromatic carbocycles. The lowest BCUT2D eigenvalue weighted by atomic mass is 9.85. The number of nitro groups is 1. The molecule has 2 aromatic rings. The highest BCUT2D eigenvalue weighted by Crippen LogP contribution is 2.34. The van der Waals surface area contributed by atoms with Gasteiger partial charge in [-0.15, -0.1) is 0 Å². The number of benzene rings is 1. The molecule has 1 fully saturated rings. The fraction of sp³-hybridized carbons (Fsp3) is 0.412. The van der Waals surface area contributed by atoms with Gasteiger partial charge in [-0.3, -0.25) is 24.8 Å². The van der Waals surface area contributed by atoms with Crippen LogP contribution in [0.15, 0.2) is 30.6 Å². The SMILES string of the molecule is CCN(CC(=O)O)C1CC(Nc2ccc([N+](=O)[O-])c3cnccc23)C1. The highest BCUT2D eigenvalue weighted by molar-refractivity contribution is 5.99. The summed E-state index contributed by atoms with van der Waals surface area (Å²) in [5.74, 6) is -0.813. The molecule has 1 aliphatic carbocycles. The smallest absolute Gasteiger partial charge is 0.317 e. The molecule has 1 aromatic heterocycles. The number of nitrogens with one attached hydrogen (secondary N) is 1. The minimum absolute atomic E-state index is 0.0405. The second-order valence-corrected chi connectivity index (χ2v) is 6.23. The molecule has 0 spiro atoms. The van der Waals surface area contributed by atoms with E-state index in [-0.39, 0.29) is 24.3 Å². The molecule has 3 rings (SSSR count). The lowest BCUT2D eigenvalue weighted by molar-refractivity contribution is -0.383. The van der Waals surface area contributed by atoms with Crippen molar-refractivity contribution >= 4 is 28.1 Å². The zero-order chi connectivity index (χ0) is 18.0. The maximum atomic E-state index is 11.2. The number of carboxylic acid groups (broad SMARTS) is 1. The molecule has 25 heavy (non-hydrogen) atoms. The normalized spacial score (nSPS) is 19.6. The van der Waals surface area contributed by atoms with Gasteiger partial charge in [0, 0.05) is 41.6 Å². The van der Waals surface area contributed by atoms with Crippen LogP contribution < -0.4 is 5.32 Å². The Morgan fingerprint density at radius 3 is 2.80 bits per heavy atom. The van der Waals surface area contributed by atoms with Crippen molar-refractivity contribution < 1.29 is 14.8 Å². The maximum absolute atomic E-state index is 11.2. The largest absolute Gasteiger partial charge is 0.480 e. The van der Waals surface area contributed by atoms with Gasteiger partial charge in [0.05, 0.1) is 16.9 Å². The van der Waals surface area contributed by atoms with E-state index in [4.69, 9.17) is 5.11 Å². The first-order valence-corrected chi connectivity index (χ1v) is 8.23. The molecule has 0 bridgehead atoms. The number of carbonyl (C=O) groups is 1. The lowest BCUT2D eigenvalue weighted by Crippen LogP contribution is -2.51. The molecule has 0 radical (unpaired) electrons. The van der Waals surface area contributed by atoms with Gasteiger partial charge in [-0.1, -0.05) is 6.92 Å². The van der Waals surface area contributed by atoms with E-state index in [1.54, 1.807) is 18.3 Å². The molecule has 0 amide bonds. The first-order chi connectivity index (χ1) is 12.0. The number of anilines is 1. The zero-order valence-electron chi connectivity index (χ0n) is 13.9. The van der Waals surface area contributed by atoms with Crippen molar-refractivity contribution in [2.75, 3.05) is 18.4 Å². The van der Waals surface area contributed by atoms with Crippen LogP contribution in [0.25, 0.3) is 10.8 Å². The number of non-ortho nitro benzene ring substituents is 1. The summed E-state index contributed by atoms with van der Waals surface area (Å²) in [4.78, 5) is 27.6. The Labute approximate surface area is 144 Å². The third-order valence-corrected chi connectivity index (χ3v) is 4.73. The monoisotopic (exact) mass is 344 g/mol. The van der Waals surface area contributed by atoms with E-state index in [0.717, 1.165) is 23.9 Å². The van der Waals surface area contributed by atoms with Gasteiger partial charge >= 0.3 is 5.97 Å². The zero-order valence-corrected chi connectivity index (χ0v) is 13.9. The topological polar surface area (TPSA) is 109 Å². The van der Waals surface area contributed by atoms with E-state index in [2.05, 4.69) is 10.3 Å². The number of pyridine rings is 1. The lowest BCUT2D eigenvalue weighted by Gasteiger charge is -2.42. The standard InChI is InChI=1S/C17H20N4O4/c1-2-20(10-17(22)23)12-7-11(8-12)19-15-3-4-16(21(24)25)14-9-18-6-5-13(14)15/h3-6,9,11-12,19H,2,7-8,10H2,1H3,(H,22,23). The predicted molar refractivity (Wildman–Crippen MR) is 93.7 cm³/mol. The average molecular weight is 344 g/mol. The number of likely N-dealkylation sites (N-methyl/N-ethyl adjacent to an activating group) is 1. The molecule has 0 aliphatic heterocycles. The van der Waals surface area contributed by atoms with Crippen LogP contribution in [0.2, 0.25) is 0 Å². The predicted octanol–water partition coefficient (Wildman–Crippen LogP) is 2.49. The summed E-state index contributed by atoms with van der Waals surface area (Å²) in [5, 5.41) is 24.8. The number of nitrogens with zero attached hydrogens (tertiary/aromatic N) is 3. The minimum Gasteiger partial charge on any atom is -0.480 e. The summed E-state index contributed by atoms with van der Waals surface area (Å²) in [7, 11) is 0. The van der Waals surface area contributed by atoms with Crippen LogP contribution in [-0.4, -0.2) is 51.1 Å². The van der Waals surface area contributed by atoms with Gasteiger partial charge in [-0.2, -0.15) is 0 Å². The number of nitro benzene ring substituents is 1. The number of hydrogen-bond donors (Lipinski definition) is 2. The number of rotatable bonds is 7. The van der Waals surface area contributed by atoms with Crippen LogP contribution in [0.5, 0.6) is 0 Å². The molecule has 8 heteroatoms. The van der Waals surface area contributed by atoms with Crippen molar-refractivity contribution in [2.24, 2.45) is 0 Å². The van der Waals surface area contributed by atoms with Crippen molar-refractivity contribution in [1.82, 2.24) is 9.88 Å². The fourth-order valence-corrected chi connectivity index (χ4v) is 3.36. The third kappa shape index (κ3) is 3.53. The van der Waals surface area contributed by atoms with Crippen LogP contribution in [0, 0.1) is 10.1 Å². The second kappa shape index (κ2) is 7.02. The summed E-state index contributed by atoms with van der Waals surface area (Å²) in [6.07, 6.45) is 4.83. The Bertz CT molecular complexity index is 804. The van der Waals surface area contributed by atoms with Crippen LogP contribution >= 0.6 is 0 Å². The number of aromatic nitrogens is 1. The van der Waals surface area contributed by atoms with Crippen molar-refractivity contribution in [3.05, 3.63) is 40.7 Å². The van der Waals surface area contributed by atoms with Crippen molar-refractivity contribution in [3.8, 4) is 0 Å². The molecular weight excluding hydrogens is 324 g/mol. The molecule has 8 nitrogen and oxygen atoms in total. The first-order valence-electron chi connectivity index (χ1n) is 8.23. The van der Waals surface area contributed by atoms with Gasteiger partial charge < -0.3 is 10.4 Å². The van der Waals surface area contributed by atoms with Gasteiger partial charge in [-0.05, 0) is 31.5 Å². The van der Waals surface area contributed by atoms with Crippen LogP contribution in [0.3, 0.4) is 0 Å². The molecule has 132 valence electrons. The van der Waals surface area contributed by atoms with E-state index in [1.165, 1.54) is 12.3 Å². The third-order valence-electron chi connectivity index (χ3n) is 4.73. The maximum Gasteiger partial charge on any atom is 0.317 e. The molecule has 1 aliphatic rings. The summed E-state index contributed by atoms with van der Waals surface area (Å²) in [6.45, 7) is 2.72. The first kappa shape index (κ1) is 17.1. The molecule has 1 heterocycles. The molecule has 2 N–H and O–H groups in total. The Hall–Kier alpha value is -2.74. The Kier molecular flexibility index (Phi) is 4.80. The molecular formula is C17H20N4O4. The van der Waals surface area contributed by atoms with Crippen molar-refractivity contribution in [3.63, 3.8) is 0 Å². The molecule has 1 saturated carbocycles. The fourth-order valence-electron chi connectivity index (χ4n) is 3.36. The van der Waals surface area contributed by atoms with Gasteiger partial charge in [0.25, 0.3) is 5.69 Å². The van der Waals surface area contributed by atoms with Crippen LogP contribution in [0.1, 0.15) is 19.8 Å². The number of fused-ring (bicyclic) bond motifs is 1. The average Bonchev–Trinajstić information content (AvgIpc) is 2.55. The van der Waals surface area contributed by atoms with E-state index in [1.807, 2.05) is 11.8 Å². The van der Waals surface area contributed by atoms with Crippen LogP contribution in [0.4, 0.5) is 11.4 Å². The Morgan fingerprint density at radius 2 is 2.16 bits per heavy atom. The van der Waals surface area contributed by atoms with Gasteiger partial charge in [0.1, 0.15) is 0 Å². The van der Waals surface area contributed by atoms with E-state index < -0.39 is 10.9 Å². The number of hydrogen-bond acceptors (Lipinski definition) is 6. The van der Waals surface area contributed by atoms with E-state index in [0.29, 0.717) is 11.9 Å². The Balaban J connectivity index is 1.72. The summed E-state index contributed by atoms with van der Waals surface area (Å²) >= 11 is 0. The van der Waals surface area contributed by atoms with E-state index in [9.17, 15) is 14.9 Å². The Morgan fingerprint density at radius 1 is 1.40 bits per heavy atom. The van der Waals surface area contributed by atoms with Gasteiger partial charge in [-0.25, -0.2) is 0 Å². The highest BCUT2D eigenvalue weighted by Gasteiger charge is 2.34.